The summed E-state index contributed by atoms with van der Waals surface area (Å²) in [6.45, 7) is 1.98. The van der Waals surface area contributed by atoms with Crippen molar-refractivity contribution in [1.82, 2.24) is 19.7 Å². The van der Waals surface area contributed by atoms with Crippen LogP contribution in [0, 0.1) is 5.92 Å². The number of hydrogen-bond donors (Lipinski definition) is 1. The molecular weight excluding hydrogens is 450 g/mol. The minimum atomic E-state index is -0.252. The number of aryl methyl sites for hydroxylation is 1. The molecule has 0 saturated carbocycles. The van der Waals surface area contributed by atoms with Gasteiger partial charge in [0.25, 0.3) is 5.91 Å². The lowest BCUT2D eigenvalue weighted by molar-refractivity contribution is -0.121. The van der Waals surface area contributed by atoms with Crippen LogP contribution in [0.3, 0.4) is 0 Å². The van der Waals surface area contributed by atoms with Crippen LogP contribution in [0.5, 0.6) is 0 Å². The predicted octanol–water partition coefficient (Wildman–Crippen LogP) is 4.82. The molecule has 0 radical (unpaired) electrons. The zero-order valence-corrected chi connectivity index (χ0v) is 19.8. The summed E-state index contributed by atoms with van der Waals surface area (Å²) in [5.41, 5.74) is 2.27. The molecule has 2 aliphatic rings. The molecule has 1 aromatic heterocycles. The number of rotatable bonds is 4. The third-order valence-electron chi connectivity index (χ3n) is 6.67. The highest BCUT2D eigenvalue weighted by Gasteiger charge is 2.29. The Hall–Kier alpha value is -3.19. The second-order valence-corrected chi connectivity index (χ2v) is 9.51. The van der Waals surface area contributed by atoms with Gasteiger partial charge in [0, 0.05) is 47.9 Å². The van der Waals surface area contributed by atoms with Crippen molar-refractivity contribution in [3.05, 3.63) is 64.9 Å². The molecule has 0 aliphatic carbocycles. The Morgan fingerprint density at radius 2 is 1.82 bits per heavy atom. The lowest BCUT2D eigenvalue weighted by Gasteiger charge is -2.32. The van der Waals surface area contributed by atoms with Crippen LogP contribution in [-0.2, 0) is 17.8 Å². The van der Waals surface area contributed by atoms with E-state index in [1.54, 1.807) is 29.2 Å². The molecule has 2 aliphatic heterocycles. The van der Waals surface area contributed by atoms with Gasteiger partial charge in [0.1, 0.15) is 5.82 Å². The number of nitrogens with zero attached hydrogens (tertiary/aromatic N) is 4. The van der Waals surface area contributed by atoms with Gasteiger partial charge >= 0.3 is 0 Å². The molecule has 7 nitrogen and oxygen atoms in total. The number of halogens is 1. The van der Waals surface area contributed by atoms with Crippen molar-refractivity contribution < 1.29 is 9.59 Å². The van der Waals surface area contributed by atoms with E-state index in [9.17, 15) is 9.59 Å². The van der Waals surface area contributed by atoms with Gasteiger partial charge in [-0.15, -0.1) is 10.2 Å². The van der Waals surface area contributed by atoms with E-state index in [1.807, 2.05) is 24.3 Å². The normalized spacial score (nSPS) is 18.1. The number of aromatic nitrogens is 3. The van der Waals surface area contributed by atoms with Crippen LogP contribution in [0.4, 0.5) is 5.69 Å². The number of nitrogens with one attached hydrogen (secondary N) is 1. The van der Waals surface area contributed by atoms with Crippen molar-refractivity contribution >= 4 is 29.1 Å². The molecule has 3 aromatic rings. The third kappa shape index (κ3) is 4.85. The molecule has 34 heavy (non-hydrogen) atoms. The van der Waals surface area contributed by atoms with Crippen LogP contribution in [0.25, 0.3) is 11.4 Å². The molecule has 5 rings (SSSR count). The maximum absolute atomic E-state index is 13.1. The van der Waals surface area contributed by atoms with Gasteiger partial charge in [0.2, 0.25) is 5.91 Å². The first-order valence-electron chi connectivity index (χ1n) is 12.0. The average Bonchev–Trinajstić information content (AvgIpc) is 3.12. The van der Waals surface area contributed by atoms with Crippen molar-refractivity contribution in [2.75, 3.05) is 18.4 Å². The number of fused-ring (bicyclic) bond motifs is 1. The fourth-order valence-electron chi connectivity index (χ4n) is 4.83. The molecule has 1 N–H and O–H groups in total. The molecule has 1 atom stereocenters. The maximum Gasteiger partial charge on any atom is 0.253 e. The first-order valence-corrected chi connectivity index (χ1v) is 12.3. The SMILES string of the molecule is O=C(Nc1cccc(-c2nnc3n2CCCCC3)c1)C1CCCN(C(=O)c2ccc(Cl)cc2)C1. The molecule has 1 saturated heterocycles. The fourth-order valence-corrected chi connectivity index (χ4v) is 4.96. The number of benzene rings is 2. The minimum Gasteiger partial charge on any atom is -0.338 e. The average molecular weight is 478 g/mol. The van der Waals surface area contributed by atoms with Gasteiger partial charge in [-0.2, -0.15) is 0 Å². The summed E-state index contributed by atoms with van der Waals surface area (Å²) in [7, 11) is 0. The van der Waals surface area contributed by atoms with Crippen molar-refractivity contribution in [3.8, 4) is 11.4 Å². The number of piperidine rings is 1. The number of hydrogen-bond acceptors (Lipinski definition) is 4. The Bertz CT molecular complexity index is 1190. The summed E-state index contributed by atoms with van der Waals surface area (Å²) >= 11 is 5.94. The molecule has 1 unspecified atom stereocenters. The molecule has 176 valence electrons. The summed E-state index contributed by atoms with van der Waals surface area (Å²) in [5, 5.41) is 12.5. The van der Waals surface area contributed by atoms with Crippen molar-refractivity contribution in [1.29, 1.82) is 0 Å². The van der Waals surface area contributed by atoms with Crippen LogP contribution >= 0.6 is 11.6 Å². The van der Waals surface area contributed by atoms with E-state index in [-0.39, 0.29) is 17.7 Å². The van der Waals surface area contributed by atoms with E-state index in [0.29, 0.717) is 23.7 Å². The topological polar surface area (TPSA) is 80.1 Å². The number of likely N-dealkylation sites (tertiary alicyclic amines) is 1. The molecule has 0 spiro atoms. The minimum absolute atomic E-state index is 0.0640. The second-order valence-electron chi connectivity index (χ2n) is 9.07. The highest BCUT2D eigenvalue weighted by atomic mass is 35.5. The van der Waals surface area contributed by atoms with E-state index in [2.05, 4.69) is 20.1 Å². The van der Waals surface area contributed by atoms with Gasteiger partial charge in [0.05, 0.1) is 5.92 Å². The quantitative estimate of drug-likeness (QED) is 0.584. The van der Waals surface area contributed by atoms with E-state index in [1.165, 1.54) is 6.42 Å². The Kier molecular flexibility index (Phi) is 6.63. The van der Waals surface area contributed by atoms with Crippen LogP contribution in [-0.4, -0.2) is 44.6 Å². The standard InChI is InChI=1S/C26H28ClN5O2/c27-21-12-10-18(11-13-21)26(34)31-14-5-7-20(17-31)25(33)28-22-8-4-6-19(16-22)24-30-29-23-9-2-1-3-15-32(23)24/h4,6,8,10-13,16,20H,1-3,5,7,9,14-15,17H2,(H,28,33). The van der Waals surface area contributed by atoms with Crippen LogP contribution < -0.4 is 5.32 Å². The van der Waals surface area contributed by atoms with Gasteiger partial charge in [-0.3, -0.25) is 9.59 Å². The summed E-state index contributed by atoms with van der Waals surface area (Å²) in [4.78, 5) is 27.7. The zero-order valence-electron chi connectivity index (χ0n) is 19.0. The Labute approximate surface area is 204 Å². The van der Waals surface area contributed by atoms with Gasteiger partial charge in [0.15, 0.2) is 5.82 Å². The van der Waals surface area contributed by atoms with Crippen LogP contribution in [0.15, 0.2) is 48.5 Å². The van der Waals surface area contributed by atoms with E-state index >= 15 is 0 Å². The summed E-state index contributed by atoms with van der Waals surface area (Å²) in [6, 6.07) is 14.7. The lowest BCUT2D eigenvalue weighted by Crippen LogP contribution is -2.43. The van der Waals surface area contributed by atoms with Crippen molar-refractivity contribution in [2.45, 2.75) is 45.1 Å². The van der Waals surface area contributed by atoms with Gasteiger partial charge in [-0.05, 0) is 62.1 Å². The van der Waals surface area contributed by atoms with Crippen molar-refractivity contribution in [2.24, 2.45) is 5.92 Å². The second kappa shape index (κ2) is 9.97. The Balaban J connectivity index is 1.27. The van der Waals surface area contributed by atoms with Crippen LogP contribution in [0.1, 0.15) is 48.3 Å². The summed E-state index contributed by atoms with van der Waals surface area (Å²) < 4.78 is 2.20. The van der Waals surface area contributed by atoms with E-state index < -0.39 is 0 Å². The molecule has 8 heteroatoms. The highest BCUT2D eigenvalue weighted by Crippen LogP contribution is 2.26. The number of amides is 2. The molecule has 2 aromatic carbocycles. The molecular formula is C26H28ClN5O2. The number of anilines is 1. The van der Waals surface area contributed by atoms with E-state index in [0.717, 1.165) is 61.5 Å². The fraction of sp³-hybridized carbons (Fsp3) is 0.385. The predicted molar refractivity (Wildman–Crippen MR) is 132 cm³/mol. The first kappa shape index (κ1) is 22.6. The maximum atomic E-state index is 13.1. The van der Waals surface area contributed by atoms with Gasteiger partial charge < -0.3 is 14.8 Å². The molecule has 1 fully saturated rings. The third-order valence-corrected chi connectivity index (χ3v) is 6.92. The first-order chi connectivity index (χ1) is 16.6. The Morgan fingerprint density at radius 1 is 0.971 bits per heavy atom. The molecule has 3 heterocycles. The Morgan fingerprint density at radius 3 is 2.68 bits per heavy atom. The highest BCUT2D eigenvalue weighted by molar-refractivity contribution is 6.30. The monoisotopic (exact) mass is 477 g/mol. The van der Waals surface area contributed by atoms with Gasteiger partial charge in [-0.25, -0.2) is 0 Å². The lowest BCUT2D eigenvalue weighted by atomic mass is 9.96. The van der Waals surface area contributed by atoms with Crippen LogP contribution in [0.2, 0.25) is 5.02 Å². The van der Waals surface area contributed by atoms with Gasteiger partial charge in [-0.1, -0.05) is 30.2 Å². The molecule has 2 amide bonds. The number of carbonyl (C=O) groups excluding carboxylic acids is 2. The van der Waals surface area contributed by atoms with Crippen molar-refractivity contribution in [3.63, 3.8) is 0 Å². The number of carbonyl (C=O) groups is 2. The summed E-state index contributed by atoms with van der Waals surface area (Å²) in [5.74, 6) is 1.51. The smallest absolute Gasteiger partial charge is 0.253 e. The largest absolute Gasteiger partial charge is 0.338 e. The zero-order chi connectivity index (χ0) is 23.5. The summed E-state index contributed by atoms with van der Waals surface area (Å²) in [6.07, 6.45) is 5.99. The van der Waals surface area contributed by atoms with E-state index in [4.69, 9.17) is 11.6 Å². The molecule has 0 bridgehead atoms.